The molecule has 0 radical (unpaired) electrons. The first-order valence-corrected chi connectivity index (χ1v) is 11.3. The van der Waals surface area contributed by atoms with Gasteiger partial charge >= 0.3 is 11.9 Å². The number of hydrogen-bond donors (Lipinski definition) is 2. The maximum Gasteiger partial charge on any atom is 0.416 e. The minimum atomic E-state index is -4.95. The number of hydrogen-bond acceptors (Lipinski definition) is 7. The van der Waals surface area contributed by atoms with Crippen molar-refractivity contribution in [3.63, 3.8) is 0 Å². The van der Waals surface area contributed by atoms with E-state index >= 15 is 0 Å². The summed E-state index contributed by atoms with van der Waals surface area (Å²) in [7, 11) is 0. The summed E-state index contributed by atoms with van der Waals surface area (Å²) in [6.07, 6.45) is -6.46. The molecule has 11 nitrogen and oxygen atoms in total. The molecule has 196 valence electrons. The first-order chi connectivity index (χ1) is 18.1. The van der Waals surface area contributed by atoms with Crippen LogP contribution in [0.3, 0.4) is 0 Å². The van der Waals surface area contributed by atoms with Gasteiger partial charge < -0.3 is 10.4 Å². The van der Waals surface area contributed by atoms with Gasteiger partial charge in [-0.3, -0.25) is 9.36 Å². The van der Waals surface area contributed by atoms with Gasteiger partial charge in [-0.2, -0.15) is 18.4 Å². The summed E-state index contributed by atoms with van der Waals surface area (Å²) < 4.78 is 42.0. The second-order valence-electron chi connectivity index (χ2n) is 7.90. The van der Waals surface area contributed by atoms with Crippen LogP contribution in [-0.2, 0) is 13.1 Å². The molecule has 0 aliphatic rings. The van der Waals surface area contributed by atoms with Gasteiger partial charge in [-0.05, 0) is 36.4 Å². The number of para-hydroxylation sites is 1. The first-order valence-electron chi connectivity index (χ1n) is 10.9. The molecular weight excluding hydrogens is 529 g/mol. The van der Waals surface area contributed by atoms with Gasteiger partial charge in [0.1, 0.15) is 19.4 Å². The predicted molar refractivity (Wildman–Crippen MR) is 127 cm³/mol. The molecule has 0 saturated carbocycles. The van der Waals surface area contributed by atoms with Gasteiger partial charge in [0, 0.05) is 10.6 Å². The maximum absolute atomic E-state index is 13.1. The molecule has 0 bridgehead atoms. The highest BCUT2D eigenvalue weighted by molar-refractivity contribution is 6.30. The summed E-state index contributed by atoms with van der Waals surface area (Å²) >= 11 is 5.89. The molecule has 0 aliphatic heterocycles. The highest BCUT2D eigenvalue weighted by atomic mass is 35.5. The van der Waals surface area contributed by atoms with E-state index in [0.29, 0.717) is 20.8 Å². The third kappa shape index (κ3) is 5.74. The monoisotopic (exact) mass is 546 g/mol. The average Bonchev–Trinajstić information content (AvgIpc) is 3.47. The fourth-order valence-electron chi connectivity index (χ4n) is 3.50. The van der Waals surface area contributed by atoms with Gasteiger partial charge in [0.25, 0.3) is 5.91 Å². The second kappa shape index (κ2) is 10.9. The Morgan fingerprint density at radius 3 is 2.55 bits per heavy atom. The Hall–Kier alpha value is -4.48. The van der Waals surface area contributed by atoms with Crippen LogP contribution in [0.5, 0.6) is 0 Å². The third-order valence-corrected chi connectivity index (χ3v) is 5.56. The van der Waals surface area contributed by atoms with Crippen LogP contribution in [0.15, 0.2) is 59.7 Å². The molecule has 0 saturated heterocycles. The number of nitriles is 1. The van der Waals surface area contributed by atoms with Gasteiger partial charge in [-0.25, -0.2) is 19.1 Å². The molecule has 4 rings (SSSR count). The summed E-state index contributed by atoms with van der Waals surface area (Å²) in [5.41, 5.74) is -0.0668. The standard InChI is InChI=1S/C23H18ClF3N8O3/c24-15-7-5-14(6-8-15)20-32-34(22(38)33(20)11-18(36)23(25,26)27)12-19-30-13-35(31-19)17-4-2-1-3-16(17)21(37)29-10-9-28/h1-8,13,18,36H,10-12H2,(H,29,37)/t18-/m0/s1. The lowest BCUT2D eigenvalue weighted by atomic mass is 10.1. The summed E-state index contributed by atoms with van der Waals surface area (Å²) in [5, 5.41) is 29.6. The zero-order valence-electron chi connectivity index (χ0n) is 19.3. The van der Waals surface area contributed by atoms with Crippen molar-refractivity contribution in [1.82, 2.24) is 34.4 Å². The van der Waals surface area contributed by atoms with E-state index in [1.54, 1.807) is 18.2 Å². The molecule has 2 aromatic heterocycles. The molecule has 1 amide bonds. The van der Waals surface area contributed by atoms with Gasteiger partial charge in [0.15, 0.2) is 17.8 Å². The molecular formula is C23H18ClF3N8O3. The second-order valence-corrected chi connectivity index (χ2v) is 8.34. The lowest BCUT2D eigenvalue weighted by Gasteiger charge is -2.15. The molecule has 0 unspecified atom stereocenters. The van der Waals surface area contributed by atoms with E-state index in [2.05, 4.69) is 20.5 Å². The number of aliphatic hydroxyl groups excluding tert-OH is 1. The van der Waals surface area contributed by atoms with Crippen molar-refractivity contribution in [1.29, 1.82) is 5.26 Å². The molecule has 1 atom stereocenters. The molecule has 38 heavy (non-hydrogen) atoms. The van der Waals surface area contributed by atoms with Crippen molar-refractivity contribution >= 4 is 17.5 Å². The minimum Gasteiger partial charge on any atom is -0.382 e. The maximum atomic E-state index is 13.1. The lowest BCUT2D eigenvalue weighted by Crippen LogP contribution is -2.37. The van der Waals surface area contributed by atoms with E-state index in [0.717, 1.165) is 4.68 Å². The van der Waals surface area contributed by atoms with Crippen LogP contribution in [0, 0.1) is 11.3 Å². The number of aliphatic hydroxyl groups is 1. The summed E-state index contributed by atoms with van der Waals surface area (Å²) in [6.45, 7) is -1.59. The average molecular weight is 547 g/mol. The highest BCUT2D eigenvalue weighted by Gasteiger charge is 2.39. The van der Waals surface area contributed by atoms with Crippen LogP contribution < -0.4 is 11.0 Å². The van der Waals surface area contributed by atoms with Crippen molar-refractivity contribution < 1.29 is 23.1 Å². The number of aromatic nitrogens is 6. The van der Waals surface area contributed by atoms with E-state index in [1.165, 1.54) is 41.3 Å². The van der Waals surface area contributed by atoms with Crippen LogP contribution in [0.4, 0.5) is 13.2 Å². The highest BCUT2D eigenvalue weighted by Crippen LogP contribution is 2.24. The smallest absolute Gasteiger partial charge is 0.382 e. The number of rotatable bonds is 8. The first kappa shape index (κ1) is 26.6. The van der Waals surface area contributed by atoms with Gasteiger partial charge in [0.2, 0.25) is 0 Å². The van der Waals surface area contributed by atoms with Crippen molar-refractivity contribution in [3.05, 3.63) is 81.8 Å². The number of benzene rings is 2. The van der Waals surface area contributed by atoms with Gasteiger partial charge in [-0.1, -0.05) is 23.7 Å². The molecule has 2 aromatic carbocycles. The molecule has 2 N–H and O–H groups in total. The Balaban J connectivity index is 1.68. The Bertz CT molecular complexity index is 1550. The van der Waals surface area contributed by atoms with Crippen LogP contribution in [0.25, 0.3) is 17.1 Å². The van der Waals surface area contributed by atoms with Crippen LogP contribution in [-0.4, -0.2) is 59.0 Å². The van der Waals surface area contributed by atoms with E-state index in [9.17, 15) is 27.9 Å². The minimum absolute atomic E-state index is 0.0722. The van der Waals surface area contributed by atoms with Gasteiger partial charge in [-0.15, -0.1) is 10.2 Å². The Morgan fingerprint density at radius 1 is 1.16 bits per heavy atom. The summed E-state index contributed by atoms with van der Waals surface area (Å²) in [5.74, 6) is -0.554. The van der Waals surface area contributed by atoms with Crippen LogP contribution >= 0.6 is 11.6 Å². The van der Waals surface area contributed by atoms with Crippen LogP contribution in [0.2, 0.25) is 5.02 Å². The number of alkyl halides is 3. The number of amides is 1. The predicted octanol–water partition coefficient (Wildman–Crippen LogP) is 2.17. The van der Waals surface area contributed by atoms with E-state index in [1.807, 2.05) is 6.07 Å². The number of nitrogens with zero attached hydrogens (tertiary/aromatic N) is 7. The summed E-state index contributed by atoms with van der Waals surface area (Å²) in [4.78, 5) is 29.6. The van der Waals surface area contributed by atoms with Gasteiger partial charge in [0.05, 0.1) is 23.9 Å². The quantitative estimate of drug-likeness (QED) is 0.322. The molecule has 0 fully saturated rings. The zero-order chi connectivity index (χ0) is 27.4. The molecule has 0 aliphatic carbocycles. The number of carbonyl (C=O) groups is 1. The normalized spacial score (nSPS) is 12.2. The summed E-state index contributed by atoms with van der Waals surface area (Å²) in [6, 6.07) is 14.1. The Morgan fingerprint density at radius 2 is 1.87 bits per heavy atom. The largest absolute Gasteiger partial charge is 0.416 e. The molecule has 2 heterocycles. The van der Waals surface area contributed by atoms with E-state index in [-0.39, 0.29) is 30.3 Å². The third-order valence-electron chi connectivity index (χ3n) is 5.31. The SMILES string of the molecule is N#CCNC(=O)c1ccccc1-n1cnc(Cn2nc(-c3ccc(Cl)cc3)n(C[C@H](O)C(F)(F)F)c2=O)n1. The molecule has 4 aromatic rings. The van der Waals surface area contributed by atoms with E-state index in [4.69, 9.17) is 16.9 Å². The number of halogens is 4. The fourth-order valence-corrected chi connectivity index (χ4v) is 3.62. The van der Waals surface area contributed by atoms with E-state index < -0.39 is 30.4 Å². The molecule has 0 spiro atoms. The number of carbonyl (C=O) groups excluding carboxylic acids is 1. The van der Waals surface area contributed by atoms with Crippen molar-refractivity contribution in [2.75, 3.05) is 6.54 Å². The fraction of sp³-hybridized carbons (Fsp3) is 0.217. The lowest BCUT2D eigenvalue weighted by molar-refractivity contribution is -0.207. The van der Waals surface area contributed by atoms with Crippen LogP contribution in [0.1, 0.15) is 16.2 Å². The Kier molecular flexibility index (Phi) is 7.60. The van der Waals surface area contributed by atoms with Crippen molar-refractivity contribution in [2.24, 2.45) is 0 Å². The molecule has 15 heteroatoms. The number of nitrogens with one attached hydrogen (secondary N) is 1. The van der Waals surface area contributed by atoms with Crippen molar-refractivity contribution in [2.45, 2.75) is 25.4 Å². The zero-order valence-corrected chi connectivity index (χ0v) is 20.1. The Labute approximate surface area is 217 Å². The topological polar surface area (TPSA) is 144 Å². The van der Waals surface area contributed by atoms with Crippen molar-refractivity contribution in [3.8, 4) is 23.1 Å².